The predicted molar refractivity (Wildman–Crippen MR) is 82.5 cm³/mol. The van der Waals surface area contributed by atoms with E-state index in [9.17, 15) is 18.0 Å². The summed E-state index contributed by atoms with van der Waals surface area (Å²) in [7, 11) is 0. The number of carbonyl (C=O) groups is 1. The van der Waals surface area contributed by atoms with E-state index >= 15 is 0 Å². The van der Waals surface area contributed by atoms with Crippen LogP contribution in [0.3, 0.4) is 0 Å². The number of hydrogen-bond donors (Lipinski definition) is 2. The van der Waals surface area contributed by atoms with Crippen LogP contribution < -0.4 is 11.1 Å². The number of carbonyl (C=O) groups excluding carboxylic acids is 1. The highest BCUT2D eigenvalue weighted by molar-refractivity contribution is 7.09. The number of halogens is 4. The standard InChI is InChI=1S/C13H18F3N3O2S.ClH/c1-2-8(10-19-9(7-22-10)13(14,15)16)18-11(20)12(17)3-5-21-6-4-12;/h7-8H,2-6,17H2,1H3,(H,18,20);1H. The second kappa shape index (κ2) is 7.78. The summed E-state index contributed by atoms with van der Waals surface area (Å²) in [5, 5.41) is 3.91. The largest absolute Gasteiger partial charge is 0.434 e. The van der Waals surface area contributed by atoms with Gasteiger partial charge in [-0.15, -0.1) is 23.7 Å². The highest BCUT2D eigenvalue weighted by Crippen LogP contribution is 2.32. The van der Waals surface area contributed by atoms with Crippen LogP contribution in [0.15, 0.2) is 5.38 Å². The molecule has 2 heterocycles. The first-order valence-corrected chi connectivity index (χ1v) is 7.84. The number of thiazole rings is 1. The molecule has 132 valence electrons. The Hall–Kier alpha value is -0.900. The van der Waals surface area contributed by atoms with Crippen LogP contribution in [0.4, 0.5) is 13.2 Å². The second-order valence-electron chi connectivity index (χ2n) is 5.27. The average Bonchev–Trinajstić information content (AvgIpc) is 2.95. The van der Waals surface area contributed by atoms with E-state index in [4.69, 9.17) is 10.5 Å². The van der Waals surface area contributed by atoms with Crippen molar-refractivity contribution in [2.45, 2.75) is 43.9 Å². The zero-order valence-corrected chi connectivity index (χ0v) is 14.1. The van der Waals surface area contributed by atoms with E-state index in [1.807, 2.05) is 0 Å². The van der Waals surface area contributed by atoms with Gasteiger partial charge in [-0.2, -0.15) is 13.2 Å². The lowest BCUT2D eigenvalue weighted by Gasteiger charge is -2.33. The van der Waals surface area contributed by atoms with Crippen molar-refractivity contribution in [3.05, 3.63) is 16.1 Å². The van der Waals surface area contributed by atoms with Gasteiger partial charge in [-0.3, -0.25) is 4.79 Å². The molecule has 1 fully saturated rings. The fourth-order valence-electron chi connectivity index (χ4n) is 2.18. The Morgan fingerprint density at radius 3 is 2.61 bits per heavy atom. The molecular weight excluding hydrogens is 355 g/mol. The summed E-state index contributed by atoms with van der Waals surface area (Å²) >= 11 is 0.885. The van der Waals surface area contributed by atoms with Gasteiger partial charge in [0.05, 0.1) is 11.6 Å². The molecule has 23 heavy (non-hydrogen) atoms. The molecule has 3 N–H and O–H groups in total. The number of nitrogens with two attached hydrogens (primary N) is 1. The van der Waals surface area contributed by atoms with Gasteiger partial charge in [0, 0.05) is 18.6 Å². The first-order valence-electron chi connectivity index (χ1n) is 6.96. The molecule has 0 radical (unpaired) electrons. The molecule has 5 nitrogen and oxygen atoms in total. The van der Waals surface area contributed by atoms with Crippen LogP contribution in [-0.4, -0.2) is 29.6 Å². The molecule has 2 rings (SSSR count). The topological polar surface area (TPSA) is 77.2 Å². The molecule has 0 spiro atoms. The third-order valence-corrected chi connectivity index (χ3v) is 4.62. The van der Waals surface area contributed by atoms with Gasteiger partial charge >= 0.3 is 6.18 Å². The zero-order chi connectivity index (χ0) is 16.4. The van der Waals surface area contributed by atoms with Gasteiger partial charge in [-0.05, 0) is 19.3 Å². The van der Waals surface area contributed by atoms with Crippen LogP contribution in [0, 0.1) is 0 Å². The lowest BCUT2D eigenvalue weighted by Crippen LogP contribution is -2.57. The van der Waals surface area contributed by atoms with Gasteiger partial charge in [0.25, 0.3) is 0 Å². The molecule has 1 aromatic rings. The number of nitrogens with one attached hydrogen (secondary N) is 1. The lowest BCUT2D eigenvalue weighted by molar-refractivity contribution is -0.140. The van der Waals surface area contributed by atoms with Crippen molar-refractivity contribution in [1.82, 2.24) is 10.3 Å². The van der Waals surface area contributed by atoms with E-state index in [-0.39, 0.29) is 23.3 Å². The summed E-state index contributed by atoms with van der Waals surface area (Å²) in [6.07, 6.45) is -3.27. The quantitative estimate of drug-likeness (QED) is 0.850. The predicted octanol–water partition coefficient (Wildman–Crippen LogP) is 2.66. The maximum Gasteiger partial charge on any atom is 0.434 e. The number of aromatic nitrogens is 1. The van der Waals surface area contributed by atoms with Crippen LogP contribution in [0.5, 0.6) is 0 Å². The first-order chi connectivity index (χ1) is 10.3. The summed E-state index contributed by atoms with van der Waals surface area (Å²) in [5.41, 5.74) is 4.10. The number of rotatable bonds is 4. The molecule has 1 aliphatic rings. The van der Waals surface area contributed by atoms with Crippen molar-refractivity contribution in [2.75, 3.05) is 13.2 Å². The molecule has 1 aliphatic heterocycles. The number of nitrogens with zero attached hydrogens (tertiary/aromatic N) is 1. The number of alkyl halides is 3. The van der Waals surface area contributed by atoms with Crippen molar-refractivity contribution >= 4 is 29.7 Å². The van der Waals surface area contributed by atoms with Gasteiger partial charge in [0.15, 0.2) is 5.69 Å². The minimum Gasteiger partial charge on any atom is -0.381 e. The van der Waals surface area contributed by atoms with Gasteiger partial charge in [0.1, 0.15) is 5.01 Å². The molecule has 10 heteroatoms. The summed E-state index contributed by atoms with van der Waals surface area (Å²) < 4.78 is 43.0. The van der Waals surface area contributed by atoms with Crippen LogP contribution in [-0.2, 0) is 15.7 Å². The fourth-order valence-corrected chi connectivity index (χ4v) is 3.14. The van der Waals surface area contributed by atoms with Crippen LogP contribution >= 0.6 is 23.7 Å². The Morgan fingerprint density at radius 2 is 2.13 bits per heavy atom. The molecule has 1 amide bonds. The maximum absolute atomic E-state index is 12.6. The average molecular weight is 374 g/mol. The van der Waals surface area contributed by atoms with Gasteiger partial charge < -0.3 is 15.8 Å². The number of hydrogen-bond acceptors (Lipinski definition) is 5. The normalized spacial score (nSPS) is 18.8. The van der Waals surface area contributed by atoms with E-state index < -0.39 is 23.5 Å². The minimum atomic E-state index is -4.48. The Balaban J connectivity index is 0.00000264. The Morgan fingerprint density at radius 1 is 1.52 bits per heavy atom. The van der Waals surface area contributed by atoms with E-state index in [0.29, 0.717) is 32.5 Å². The van der Waals surface area contributed by atoms with E-state index in [1.165, 1.54) is 0 Å². The molecule has 0 aliphatic carbocycles. The maximum atomic E-state index is 12.6. The van der Waals surface area contributed by atoms with Crippen molar-refractivity contribution in [3.63, 3.8) is 0 Å². The molecule has 1 aromatic heterocycles. The second-order valence-corrected chi connectivity index (χ2v) is 6.16. The Labute approximate surface area is 142 Å². The van der Waals surface area contributed by atoms with E-state index in [2.05, 4.69) is 10.3 Å². The third-order valence-electron chi connectivity index (χ3n) is 3.66. The van der Waals surface area contributed by atoms with Gasteiger partial charge in [0.2, 0.25) is 5.91 Å². The van der Waals surface area contributed by atoms with Crippen LogP contribution in [0.25, 0.3) is 0 Å². The van der Waals surface area contributed by atoms with Crippen LogP contribution in [0.2, 0.25) is 0 Å². The molecule has 0 aromatic carbocycles. The number of ether oxygens (including phenoxy) is 1. The SMILES string of the molecule is CCC(NC(=O)C1(N)CCOCC1)c1nc(C(F)(F)F)cs1.Cl. The molecule has 1 unspecified atom stereocenters. The van der Waals surface area contributed by atoms with Crippen LogP contribution in [0.1, 0.15) is 42.9 Å². The highest BCUT2D eigenvalue weighted by atomic mass is 35.5. The molecular formula is C13H19ClF3N3O2S. The van der Waals surface area contributed by atoms with Crippen molar-refractivity contribution in [3.8, 4) is 0 Å². The van der Waals surface area contributed by atoms with Crippen molar-refractivity contribution in [2.24, 2.45) is 5.73 Å². The first kappa shape index (κ1) is 20.1. The summed E-state index contributed by atoms with van der Waals surface area (Å²) in [5.74, 6) is -0.369. The summed E-state index contributed by atoms with van der Waals surface area (Å²) in [6.45, 7) is 2.57. The smallest absolute Gasteiger partial charge is 0.381 e. The fraction of sp³-hybridized carbons (Fsp3) is 0.692. The zero-order valence-electron chi connectivity index (χ0n) is 12.5. The van der Waals surface area contributed by atoms with E-state index in [1.54, 1.807) is 6.92 Å². The monoisotopic (exact) mass is 373 g/mol. The van der Waals surface area contributed by atoms with E-state index in [0.717, 1.165) is 16.7 Å². The Kier molecular flexibility index (Phi) is 6.81. The molecule has 1 saturated heterocycles. The Bertz CT molecular complexity index is 533. The summed E-state index contributed by atoms with van der Waals surface area (Å²) in [4.78, 5) is 15.9. The van der Waals surface area contributed by atoms with Crippen molar-refractivity contribution < 1.29 is 22.7 Å². The minimum absolute atomic E-state index is 0. The third kappa shape index (κ3) is 4.79. The number of amides is 1. The lowest BCUT2D eigenvalue weighted by atomic mass is 9.90. The van der Waals surface area contributed by atoms with Gasteiger partial charge in [-0.25, -0.2) is 4.98 Å². The molecule has 0 saturated carbocycles. The summed E-state index contributed by atoms with van der Waals surface area (Å²) in [6, 6.07) is -0.572. The molecule has 1 atom stereocenters. The molecule has 0 bridgehead atoms. The van der Waals surface area contributed by atoms with Gasteiger partial charge in [-0.1, -0.05) is 6.92 Å². The highest BCUT2D eigenvalue weighted by Gasteiger charge is 2.38. The van der Waals surface area contributed by atoms with Crippen molar-refractivity contribution in [1.29, 1.82) is 0 Å².